The quantitative estimate of drug-likeness (QED) is 0.341. The lowest BCUT2D eigenvalue weighted by Gasteiger charge is -2.23. The van der Waals surface area contributed by atoms with Crippen LogP contribution < -0.4 is 0 Å². The summed E-state index contributed by atoms with van der Waals surface area (Å²) in [7, 11) is 3.87. The summed E-state index contributed by atoms with van der Waals surface area (Å²) in [6, 6.07) is 0. The zero-order valence-electron chi connectivity index (χ0n) is 13.9. The van der Waals surface area contributed by atoms with E-state index >= 15 is 0 Å². The van der Waals surface area contributed by atoms with Gasteiger partial charge in [-0.05, 0) is 32.1 Å². The van der Waals surface area contributed by atoms with Gasteiger partial charge in [-0.25, -0.2) is 0 Å². The first-order valence-electron chi connectivity index (χ1n) is 7.52. The van der Waals surface area contributed by atoms with Gasteiger partial charge in [0, 0.05) is 0 Å². The van der Waals surface area contributed by atoms with Crippen LogP contribution in [0.2, 0.25) is 0 Å². The molecule has 0 aliphatic heterocycles. The molecule has 0 bridgehead atoms. The number of allylic oxidation sites excluding steroid dienone is 3. The zero-order chi connectivity index (χ0) is 17.2. The molecule has 2 atom stereocenters. The van der Waals surface area contributed by atoms with Gasteiger partial charge in [-0.1, -0.05) is 23.3 Å². The van der Waals surface area contributed by atoms with E-state index in [2.05, 4.69) is 0 Å². The van der Waals surface area contributed by atoms with Gasteiger partial charge in [0.15, 0.2) is 5.41 Å². The minimum absolute atomic E-state index is 0.0807. The maximum absolute atomic E-state index is 12.3. The van der Waals surface area contributed by atoms with Crippen LogP contribution in [0.3, 0.4) is 0 Å². The highest BCUT2D eigenvalue weighted by Crippen LogP contribution is 2.50. The second kappa shape index (κ2) is 6.56. The van der Waals surface area contributed by atoms with Crippen LogP contribution in [0.4, 0.5) is 0 Å². The standard InChI is InChI=1S/C17H22O6/c1-10-12(14(18)21-2)7-5-6-11-8-17(9-13(10)11,15(19)22-3)16(20)23-4/h5-6,11-12H,7-9H2,1-4H3/t11-,12-/m0/s1. The molecule has 126 valence electrons. The van der Waals surface area contributed by atoms with Gasteiger partial charge in [-0.15, -0.1) is 0 Å². The molecule has 2 aliphatic carbocycles. The van der Waals surface area contributed by atoms with Crippen LogP contribution in [-0.2, 0) is 28.6 Å². The highest BCUT2D eigenvalue weighted by molar-refractivity contribution is 6.01. The summed E-state index contributed by atoms with van der Waals surface area (Å²) in [5.41, 5.74) is 0.444. The molecule has 2 rings (SSSR count). The molecule has 0 saturated heterocycles. The third kappa shape index (κ3) is 2.78. The largest absolute Gasteiger partial charge is 0.469 e. The lowest BCUT2D eigenvalue weighted by molar-refractivity contribution is -0.168. The minimum Gasteiger partial charge on any atom is -0.469 e. The van der Waals surface area contributed by atoms with Gasteiger partial charge in [0.25, 0.3) is 0 Å². The molecule has 23 heavy (non-hydrogen) atoms. The Morgan fingerprint density at radius 1 is 1.09 bits per heavy atom. The van der Waals surface area contributed by atoms with E-state index in [0.29, 0.717) is 12.8 Å². The Kier molecular flexibility index (Phi) is 4.92. The van der Waals surface area contributed by atoms with E-state index in [4.69, 9.17) is 14.2 Å². The average Bonchev–Trinajstić information content (AvgIpc) is 2.90. The van der Waals surface area contributed by atoms with Crippen molar-refractivity contribution in [3.63, 3.8) is 0 Å². The average molecular weight is 322 g/mol. The van der Waals surface area contributed by atoms with Gasteiger partial charge in [0.2, 0.25) is 0 Å². The number of carbonyl (C=O) groups is 3. The predicted octanol–water partition coefficient (Wildman–Crippen LogP) is 1.79. The van der Waals surface area contributed by atoms with Crippen LogP contribution in [-0.4, -0.2) is 39.2 Å². The predicted molar refractivity (Wildman–Crippen MR) is 81.2 cm³/mol. The summed E-state index contributed by atoms with van der Waals surface area (Å²) in [5.74, 6) is -1.97. The molecule has 1 saturated carbocycles. The Bertz CT molecular complexity index is 570. The molecule has 0 radical (unpaired) electrons. The fraction of sp³-hybridized carbons (Fsp3) is 0.588. The summed E-state index contributed by atoms with van der Waals surface area (Å²) in [4.78, 5) is 36.6. The number of esters is 3. The van der Waals surface area contributed by atoms with Gasteiger partial charge in [-0.2, -0.15) is 0 Å². The summed E-state index contributed by atoms with van der Waals surface area (Å²) < 4.78 is 14.6. The van der Waals surface area contributed by atoms with Crippen molar-refractivity contribution in [2.45, 2.75) is 26.2 Å². The number of hydrogen-bond acceptors (Lipinski definition) is 6. The first kappa shape index (κ1) is 17.2. The molecule has 0 amide bonds. The van der Waals surface area contributed by atoms with Crippen LogP contribution >= 0.6 is 0 Å². The molecule has 0 unspecified atom stereocenters. The van der Waals surface area contributed by atoms with E-state index in [1.54, 1.807) is 0 Å². The molecule has 0 aromatic rings. The summed E-state index contributed by atoms with van der Waals surface area (Å²) in [5, 5.41) is 0. The molecule has 0 aromatic heterocycles. The zero-order valence-corrected chi connectivity index (χ0v) is 13.9. The molecule has 0 spiro atoms. The van der Waals surface area contributed by atoms with Gasteiger partial charge in [-0.3, -0.25) is 14.4 Å². The van der Waals surface area contributed by atoms with Crippen LogP contribution in [0.1, 0.15) is 26.2 Å². The van der Waals surface area contributed by atoms with Crippen LogP contribution in [0.5, 0.6) is 0 Å². The van der Waals surface area contributed by atoms with Crippen molar-refractivity contribution in [1.82, 2.24) is 0 Å². The van der Waals surface area contributed by atoms with E-state index in [-0.39, 0.29) is 24.2 Å². The number of rotatable bonds is 3. The van der Waals surface area contributed by atoms with Crippen LogP contribution in [0.25, 0.3) is 0 Å². The lowest BCUT2D eigenvalue weighted by Crippen LogP contribution is -2.39. The molecule has 0 N–H and O–H groups in total. The van der Waals surface area contributed by atoms with Crippen molar-refractivity contribution in [1.29, 1.82) is 0 Å². The smallest absolute Gasteiger partial charge is 0.323 e. The lowest BCUT2D eigenvalue weighted by atomic mass is 9.84. The maximum atomic E-state index is 12.3. The van der Waals surface area contributed by atoms with E-state index in [0.717, 1.165) is 11.1 Å². The molecular formula is C17H22O6. The van der Waals surface area contributed by atoms with E-state index in [1.165, 1.54) is 21.3 Å². The second-order valence-corrected chi connectivity index (χ2v) is 6.00. The molecule has 6 heteroatoms. The first-order chi connectivity index (χ1) is 10.9. The van der Waals surface area contributed by atoms with Crippen molar-refractivity contribution in [2.24, 2.45) is 17.3 Å². The third-order valence-corrected chi connectivity index (χ3v) is 4.92. The second-order valence-electron chi connectivity index (χ2n) is 6.00. The van der Waals surface area contributed by atoms with Crippen molar-refractivity contribution in [3.05, 3.63) is 23.3 Å². The van der Waals surface area contributed by atoms with Gasteiger partial charge in [0.05, 0.1) is 27.2 Å². The number of fused-ring (bicyclic) bond motifs is 1. The highest BCUT2D eigenvalue weighted by Gasteiger charge is 2.55. The topological polar surface area (TPSA) is 78.9 Å². The van der Waals surface area contributed by atoms with Gasteiger partial charge in [0.1, 0.15) is 0 Å². The third-order valence-electron chi connectivity index (χ3n) is 4.92. The normalized spacial score (nSPS) is 25.4. The molecule has 2 aliphatic rings. The Balaban J connectivity index is 2.47. The van der Waals surface area contributed by atoms with Crippen LogP contribution in [0.15, 0.2) is 23.3 Å². The Hall–Kier alpha value is -2.11. The van der Waals surface area contributed by atoms with Crippen LogP contribution in [0, 0.1) is 17.3 Å². The van der Waals surface area contributed by atoms with Crippen molar-refractivity contribution >= 4 is 17.9 Å². The fourth-order valence-corrected chi connectivity index (χ4v) is 3.62. The van der Waals surface area contributed by atoms with E-state index < -0.39 is 17.4 Å². The Morgan fingerprint density at radius 2 is 1.70 bits per heavy atom. The van der Waals surface area contributed by atoms with Crippen molar-refractivity contribution < 1.29 is 28.6 Å². The molecule has 1 fully saturated rings. The number of hydrogen-bond donors (Lipinski definition) is 0. The minimum atomic E-state index is -1.34. The Morgan fingerprint density at radius 3 is 2.22 bits per heavy atom. The number of carbonyl (C=O) groups excluding carboxylic acids is 3. The highest BCUT2D eigenvalue weighted by atomic mass is 16.5. The molecule has 0 aromatic carbocycles. The van der Waals surface area contributed by atoms with Crippen molar-refractivity contribution in [2.75, 3.05) is 21.3 Å². The number of ether oxygens (including phenoxy) is 3. The molecular weight excluding hydrogens is 300 g/mol. The van der Waals surface area contributed by atoms with Crippen molar-refractivity contribution in [3.8, 4) is 0 Å². The van der Waals surface area contributed by atoms with Gasteiger partial charge >= 0.3 is 17.9 Å². The summed E-state index contributed by atoms with van der Waals surface area (Å²) in [6.07, 6.45) is 4.93. The monoisotopic (exact) mass is 322 g/mol. The van der Waals surface area contributed by atoms with Gasteiger partial charge < -0.3 is 14.2 Å². The maximum Gasteiger partial charge on any atom is 0.323 e. The molecule has 6 nitrogen and oxygen atoms in total. The van der Waals surface area contributed by atoms with E-state index in [1.807, 2.05) is 19.1 Å². The summed E-state index contributed by atoms with van der Waals surface area (Å²) >= 11 is 0. The summed E-state index contributed by atoms with van der Waals surface area (Å²) in [6.45, 7) is 1.86. The first-order valence-corrected chi connectivity index (χ1v) is 7.52. The molecule has 0 heterocycles. The SMILES string of the molecule is COC(=O)[C@H]1CC=C[C@H]2CC(C(=O)OC)(C(=O)OC)CC2=C1C. The number of methoxy groups -OCH3 is 3. The fourth-order valence-electron chi connectivity index (χ4n) is 3.62. The van der Waals surface area contributed by atoms with E-state index in [9.17, 15) is 14.4 Å². The Labute approximate surface area is 135 Å².